The molecular weight excluding hydrogens is 354 g/mol. The Morgan fingerprint density at radius 3 is 2.46 bits per heavy atom. The molecule has 4 heterocycles. The topological polar surface area (TPSA) is 98.2 Å². The van der Waals surface area contributed by atoms with Crippen LogP contribution in [0.5, 0.6) is 0 Å². The minimum Gasteiger partial charge on any atom is -0.463 e. The maximum atomic E-state index is 12.7. The van der Waals surface area contributed by atoms with Crippen molar-refractivity contribution >= 4 is 28.2 Å². The molecule has 4 aromatic rings. The highest BCUT2D eigenvalue weighted by Crippen LogP contribution is 2.33. The van der Waals surface area contributed by atoms with E-state index in [1.807, 2.05) is 0 Å². The third-order valence-corrected chi connectivity index (χ3v) is 4.47. The Bertz CT molecular complexity index is 1040. The van der Waals surface area contributed by atoms with Crippen molar-refractivity contribution in [3.63, 3.8) is 0 Å². The molecule has 1 amide bonds. The molecule has 0 radical (unpaired) electrons. The van der Waals surface area contributed by atoms with Crippen LogP contribution in [0, 0.1) is 0 Å². The van der Waals surface area contributed by atoms with Crippen molar-refractivity contribution in [3.05, 3.63) is 77.5 Å². The molecule has 0 unspecified atom stereocenters. The van der Waals surface area contributed by atoms with Crippen molar-refractivity contribution in [2.24, 2.45) is 0 Å². The number of hydrogen-bond donors (Lipinski definition) is 1. The quantitative estimate of drug-likeness (QED) is 0.539. The fourth-order valence-corrected chi connectivity index (χ4v) is 3.21. The van der Waals surface area contributed by atoms with E-state index in [2.05, 4.69) is 15.3 Å². The molecular formula is C18H11N3O4S. The molecule has 0 fully saturated rings. The summed E-state index contributed by atoms with van der Waals surface area (Å²) >= 11 is 1.06. The number of ketones is 1. The average Bonchev–Trinajstić information content (AvgIpc) is 3.42. The van der Waals surface area contributed by atoms with Gasteiger partial charge in [-0.15, -0.1) is 0 Å². The normalized spacial score (nSPS) is 10.6. The Kier molecular flexibility index (Phi) is 4.16. The summed E-state index contributed by atoms with van der Waals surface area (Å²) in [6.07, 6.45) is 5.96. The minimum absolute atomic E-state index is 0.188. The second kappa shape index (κ2) is 6.77. The summed E-state index contributed by atoms with van der Waals surface area (Å²) in [7, 11) is 0. The number of nitrogens with one attached hydrogen (secondary N) is 1. The highest BCUT2D eigenvalue weighted by Gasteiger charge is 2.24. The number of hydrogen-bond acceptors (Lipinski definition) is 7. The van der Waals surface area contributed by atoms with Crippen molar-refractivity contribution in [1.82, 2.24) is 9.97 Å². The van der Waals surface area contributed by atoms with Crippen LogP contribution in [-0.4, -0.2) is 21.7 Å². The van der Waals surface area contributed by atoms with E-state index < -0.39 is 0 Å². The van der Waals surface area contributed by atoms with Gasteiger partial charge < -0.3 is 8.83 Å². The van der Waals surface area contributed by atoms with Crippen LogP contribution in [0.4, 0.5) is 5.13 Å². The SMILES string of the molecule is O=C(Nc1nc(-c2ccco2)c(C(=O)c2ccco2)s1)c1ccncc1. The van der Waals surface area contributed by atoms with E-state index in [1.165, 1.54) is 24.9 Å². The third-order valence-electron chi connectivity index (χ3n) is 3.50. The van der Waals surface area contributed by atoms with Crippen LogP contribution in [0.2, 0.25) is 0 Å². The predicted molar refractivity (Wildman–Crippen MR) is 94.1 cm³/mol. The van der Waals surface area contributed by atoms with Crippen molar-refractivity contribution in [3.8, 4) is 11.5 Å². The lowest BCUT2D eigenvalue weighted by atomic mass is 10.2. The number of carbonyl (C=O) groups is 2. The van der Waals surface area contributed by atoms with Gasteiger partial charge in [0.1, 0.15) is 10.6 Å². The van der Waals surface area contributed by atoms with Crippen LogP contribution >= 0.6 is 11.3 Å². The number of rotatable bonds is 5. The molecule has 8 heteroatoms. The number of furan rings is 2. The summed E-state index contributed by atoms with van der Waals surface area (Å²) in [5, 5.41) is 2.98. The molecule has 7 nitrogen and oxygen atoms in total. The predicted octanol–water partition coefficient (Wildman–Crippen LogP) is 3.87. The maximum absolute atomic E-state index is 12.7. The van der Waals surface area contributed by atoms with E-state index in [-0.39, 0.29) is 22.6 Å². The first-order chi connectivity index (χ1) is 12.7. The molecule has 0 aliphatic carbocycles. The van der Waals surface area contributed by atoms with Crippen LogP contribution in [0.1, 0.15) is 25.8 Å². The number of nitrogens with zero attached hydrogens (tertiary/aromatic N) is 2. The molecule has 0 atom stereocenters. The van der Waals surface area contributed by atoms with Crippen molar-refractivity contribution < 1.29 is 18.4 Å². The van der Waals surface area contributed by atoms with Crippen molar-refractivity contribution in [2.75, 3.05) is 5.32 Å². The monoisotopic (exact) mass is 365 g/mol. The van der Waals surface area contributed by atoms with Gasteiger partial charge in [0, 0.05) is 18.0 Å². The lowest BCUT2D eigenvalue weighted by Gasteiger charge is -2.00. The van der Waals surface area contributed by atoms with Crippen LogP contribution in [-0.2, 0) is 0 Å². The number of anilines is 1. The van der Waals surface area contributed by atoms with Gasteiger partial charge in [-0.05, 0) is 36.4 Å². The maximum Gasteiger partial charge on any atom is 0.257 e. The molecule has 1 N–H and O–H groups in total. The molecule has 0 aromatic carbocycles. The van der Waals surface area contributed by atoms with E-state index in [0.717, 1.165) is 11.3 Å². The molecule has 0 spiro atoms. The summed E-state index contributed by atoms with van der Waals surface area (Å²) in [5.74, 6) is -0.0542. The first-order valence-corrected chi connectivity index (χ1v) is 8.38. The lowest BCUT2D eigenvalue weighted by Crippen LogP contribution is -2.11. The molecule has 0 saturated carbocycles. The molecule has 0 aliphatic rings. The second-order valence-corrected chi connectivity index (χ2v) is 6.17. The van der Waals surface area contributed by atoms with E-state index in [1.54, 1.807) is 36.4 Å². The minimum atomic E-state index is -0.343. The molecule has 0 saturated heterocycles. The van der Waals surface area contributed by atoms with Crippen LogP contribution < -0.4 is 5.32 Å². The van der Waals surface area contributed by atoms with Crippen LogP contribution in [0.15, 0.2) is 70.2 Å². The molecule has 0 bridgehead atoms. The third kappa shape index (κ3) is 3.05. The van der Waals surface area contributed by atoms with E-state index in [9.17, 15) is 9.59 Å². The summed E-state index contributed by atoms with van der Waals surface area (Å²) in [5.41, 5.74) is 0.792. The number of pyridine rings is 1. The summed E-state index contributed by atoms with van der Waals surface area (Å²) < 4.78 is 10.6. The van der Waals surface area contributed by atoms with Gasteiger partial charge >= 0.3 is 0 Å². The zero-order valence-corrected chi connectivity index (χ0v) is 14.0. The molecule has 0 aliphatic heterocycles. The molecule has 4 rings (SSSR count). The smallest absolute Gasteiger partial charge is 0.257 e. The molecule has 128 valence electrons. The second-order valence-electron chi connectivity index (χ2n) is 5.17. The van der Waals surface area contributed by atoms with Gasteiger partial charge in [-0.25, -0.2) is 4.98 Å². The van der Waals surface area contributed by atoms with Crippen LogP contribution in [0.25, 0.3) is 11.5 Å². The summed E-state index contributed by atoms with van der Waals surface area (Å²) in [6, 6.07) is 9.78. The Morgan fingerprint density at radius 2 is 1.77 bits per heavy atom. The summed E-state index contributed by atoms with van der Waals surface area (Å²) in [6.45, 7) is 0. The van der Waals surface area contributed by atoms with E-state index in [4.69, 9.17) is 8.83 Å². The summed E-state index contributed by atoms with van der Waals surface area (Å²) in [4.78, 5) is 33.6. The Hall–Kier alpha value is -3.52. The van der Waals surface area contributed by atoms with Gasteiger partial charge in [-0.1, -0.05) is 11.3 Å². The van der Waals surface area contributed by atoms with E-state index >= 15 is 0 Å². The van der Waals surface area contributed by atoms with Gasteiger partial charge in [-0.3, -0.25) is 19.9 Å². The number of thiazole rings is 1. The number of carbonyl (C=O) groups excluding carboxylic acids is 2. The van der Waals surface area contributed by atoms with Gasteiger partial charge in [0.2, 0.25) is 5.78 Å². The van der Waals surface area contributed by atoms with Crippen LogP contribution in [0.3, 0.4) is 0 Å². The number of amides is 1. The molecule has 4 aromatic heterocycles. The average molecular weight is 365 g/mol. The zero-order valence-electron chi connectivity index (χ0n) is 13.2. The highest BCUT2D eigenvalue weighted by atomic mass is 32.1. The first-order valence-electron chi connectivity index (χ1n) is 7.56. The van der Waals surface area contributed by atoms with Gasteiger partial charge in [0.25, 0.3) is 5.91 Å². The van der Waals surface area contributed by atoms with E-state index in [0.29, 0.717) is 21.9 Å². The van der Waals surface area contributed by atoms with Crippen molar-refractivity contribution in [1.29, 1.82) is 0 Å². The Balaban J connectivity index is 1.70. The van der Waals surface area contributed by atoms with Gasteiger partial charge in [0.15, 0.2) is 16.7 Å². The number of aromatic nitrogens is 2. The van der Waals surface area contributed by atoms with Gasteiger partial charge in [-0.2, -0.15) is 0 Å². The fraction of sp³-hybridized carbons (Fsp3) is 0. The lowest BCUT2D eigenvalue weighted by molar-refractivity contribution is 0.101. The largest absolute Gasteiger partial charge is 0.463 e. The van der Waals surface area contributed by atoms with Gasteiger partial charge in [0.05, 0.1) is 12.5 Å². The Morgan fingerprint density at radius 1 is 1.00 bits per heavy atom. The first kappa shape index (κ1) is 16.0. The van der Waals surface area contributed by atoms with Crippen molar-refractivity contribution in [2.45, 2.75) is 0 Å². The fourth-order valence-electron chi connectivity index (χ4n) is 2.30. The molecule has 26 heavy (non-hydrogen) atoms. The standard InChI is InChI=1S/C18H11N3O4S/c22-15(13-4-2-10-25-13)16-14(12-3-1-9-24-12)20-18(26-16)21-17(23)11-5-7-19-8-6-11/h1-10H,(H,20,21,23). The highest BCUT2D eigenvalue weighted by molar-refractivity contribution is 7.18. The zero-order chi connectivity index (χ0) is 17.9. The Labute approximate surface area is 151 Å².